The van der Waals surface area contributed by atoms with E-state index in [1.54, 1.807) is 24.5 Å². The van der Waals surface area contributed by atoms with Crippen molar-refractivity contribution in [3.8, 4) is 5.69 Å². The first-order valence-corrected chi connectivity index (χ1v) is 14.5. The van der Waals surface area contributed by atoms with Gasteiger partial charge in [-0.25, -0.2) is 27.3 Å². The smallest absolute Gasteiger partial charge is 0.333 e. The maximum Gasteiger partial charge on any atom is 0.333 e. The maximum atomic E-state index is 13.1. The molecule has 0 aliphatic rings. The number of thiophene rings is 1. The highest BCUT2D eigenvalue weighted by molar-refractivity contribution is 9.10. The van der Waals surface area contributed by atoms with Crippen molar-refractivity contribution < 1.29 is 17.6 Å². The Kier molecular flexibility index (Phi) is 7.36. The number of aromatic amines is 1. The summed E-state index contributed by atoms with van der Waals surface area (Å²) in [6.07, 6.45) is 1.57. The SMILES string of the molecule is O=C(Nc1ccc(-n2c(=O)[nH]c3cc(NCc4cc(Br)co4)ccc3c2=O)cc1)NS(=O)(=O)c1ccc(Cl)s1. The van der Waals surface area contributed by atoms with Crippen molar-refractivity contribution in [2.24, 2.45) is 0 Å². The number of carbonyl (C=O) groups is 1. The van der Waals surface area contributed by atoms with Gasteiger partial charge in [0.1, 0.15) is 16.2 Å². The molecule has 0 fully saturated rings. The van der Waals surface area contributed by atoms with Crippen molar-refractivity contribution in [3.63, 3.8) is 0 Å². The largest absolute Gasteiger partial charge is 0.466 e. The number of hydrogen-bond donors (Lipinski definition) is 4. The van der Waals surface area contributed by atoms with Gasteiger partial charge in [0.15, 0.2) is 0 Å². The van der Waals surface area contributed by atoms with Crippen LogP contribution in [0.3, 0.4) is 0 Å². The standard InChI is InChI=1S/C24H17BrClN5O6S2/c25-13-9-17(37-12-13)11-27-15-3-6-18-19(10-15)29-24(34)31(22(18)32)16-4-1-14(2-5-16)28-23(33)30-39(35,36)21-8-7-20(26)38-21/h1-10,12,27H,11H2,(H,29,34)(H2,28,30,33). The van der Waals surface area contributed by atoms with Gasteiger partial charge in [-0.2, -0.15) is 0 Å². The van der Waals surface area contributed by atoms with Gasteiger partial charge in [0, 0.05) is 11.4 Å². The normalized spacial score (nSPS) is 11.4. The molecule has 0 radical (unpaired) electrons. The van der Waals surface area contributed by atoms with E-state index in [0.717, 1.165) is 20.4 Å². The summed E-state index contributed by atoms with van der Waals surface area (Å²) < 4.78 is 33.8. The van der Waals surface area contributed by atoms with Crippen LogP contribution >= 0.6 is 38.9 Å². The number of aromatic nitrogens is 2. The molecule has 2 aromatic carbocycles. The van der Waals surface area contributed by atoms with Gasteiger partial charge in [0.25, 0.3) is 15.6 Å². The highest BCUT2D eigenvalue weighted by Gasteiger charge is 2.20. The molecule has 5 rings (SSSR count). The molecule has 5 aromatic rings. The molecule has 0 aliphatic heterocycles. The molecule has 0 unspecified atom stereocenters. The minimum Gasteiger partial charge on any atom is -0.466 e. The van der Waals surface area contributed by atoms with Crippen molar-refractivity contribution in [1.82, 2.24) is 14.3 Å². The van der Waals surface area contributed by atoms with E-state index in [9.17, 15) is 22.8 Å². The van der Waals surface area contributed by atoms with Crippen molar-refractivity contribution in [2.75, 3.05) is 10.6 Å². The number of H-pyrrole nitrogens is 1. The fourth-order valence-corrected chi connectivity index (χ4v) is 6.40. The summed E-state index contributed by atoms with van der Waals surface area (Å²) >= 11 is 9.89. The molecule has 4 N–H and O–H groups in total. The molecule has 0 aliphatic carbocycles. The first-order chi connectivity index (χ1) is 18.6. The number of furan rings is 1. The Balaban J connectivity index is 1.32. The molecule has 0 bridgehead atoms. The summed E-state index contributed by atoms with van der Waals surface area (Å²) in [6.45, 7) is 0.408. The van der Waals surface area contributed by atoms with Crippen LogP contribution in [0.2, 0.25) is 4.34 Å². The second kappa shape index (κ2) is 10.7. The Hall–Kier alpha value is -3.85. The molecule has 0 saturated carbocycles. The predicted octanol–water partition coefficient (Wildman–Crippen LogP) is 4.87. The first-order valence-electron chi connectivity index (χ1n) is 11.0. The third kappa shape index (κ3) is 5.93. The molecule has 200 valence electrons. The maximum absolute atomic E-state index is 13.1. The summed E-state index contributed by atoms with van der Waals surface area (Å²) in [5.41, 5.74) is 0.338. The molecule has 3 heterocycles. The lowest BCUT2D eigenvalue weighted by Crippen LogP contribution is -2.34. The number of anilines is 2. The van der Waals surface area contributed by atoms with E-state index in [0.29, 0.717) is 28.9 Å². The zero-order valence-electron chi connectivity index (χ0n) is 19.5. The lowest BCUT2D eigenvalue weighted by molar-refractivity contribution is 0.256. The fourth-order valence-electron chi connectivity index (χ4n) is 3.66. The molecular formula is C24H17BrClN5O6S2. The molecule has 0 spiro atoms. The molecule has 2 amide bonds. The van der Waals surface area contributed by atoms with Gasteiger partial charge in [-0.15, -0.1) is 11.3 Å². The second-order valence-corrected chi connectivity index (χ2v) is 12.6. The quantitative estimate of drug-likeness (QED) is 0.196. The third-order valence-corrected chi connectivity index (χ3v) is 8.88. The Morgan fingerprint density at radius 1 is 1.05 bits per heavy atom. The average molecular weight is 651 g/mol. The molecule has 39 heavy (non-hydrogen) atoms. The number of nitrogens with zero attached hydrogens (tertiary/aromatic N) is 1. The van der Waals surface area contributed by atoms with Crippen LogP contribution in [0.15, 0.2) is 89.6 Å². The van der Waals surface area contributed by atoms with Gasteiger partial charge in [0.2, 0.25) is 0 Å². The number of carbonyl (C=O) groups excluding carboxylic acids is 1. The van der Waals surface area contributed by atoms with Crippen LogP contribution in [-0.4, -0.2) is 24.0 Å². The third-order valence-electron chi connectivity index (χ3n) is 5.41. The summed E-state index contributed by atoms with van der Waals surface area (Å²) in [4.78, 5) is 40.9. The lowest BCUT2D eigenvalue weighted by Gasteiger charge is -2.10. The van der Waals surface area contributed by atoms with Crippen LogP contribution < -0.4 is 26.6 Å². The minimum absolute atomic E-state index is 0.110. The summed E-state index contributed by atoms with van der Waals surface area (Å²) in [7, 11) is -4.09. The van der Waals surface area contributed by atoms with Crippen molar-refractivity contribution in [1.29, 1.82) is 0 Å². The van der Waals surface area contributed by atoms with E-state index in [1.165, 1.54) is 36.4 Å². The Morgan fingerprint density at radius 2 is 1.79 bits per heavy atom. The number of hydrogen-bond acceptors (Lipinski definition) is 8. The molecule has 3 aromatic heterocycles. The van der Waals surface area contributed by atoms with Crippen LogP contribution in [0.1, 0.15) is 5.76 Å². The van der Waals surface area contributed by atoms with Gasteiger partial charge in [-0.1, -0.05) is 11.6 Å². The number of sulfonamides is 1. The van der Waals surface area contributed by atoms with E-state index < -0.39 is 27.3 Å². The highest BCUT2D eigenvalue weighted by atomic mass is 79.9. The van der Waals surface area contributed by atoms with E-state index in [4.69, 9.17) is 16.0 Å². The molecule has 11 nitrogen and oxygen atoms in total. The summed E-state index contributed by atoms with van der Waals surface area (Å²) in [5.74, 6) is 0.704. The van der Waals surface area contributed by atoms with E-state index >= 15 is 0 Å². The lowest BCUT2D eigenvalue weighted by atomic mass is 10.2. The number of nitrogens with one attached hydrogen (secondary N) is 4. The number of amides is 2. The van der Waals surface area contributed by atoms with Gasteiger partial charge < -0.3 is 20.0 Å². The molecule has 15 heteroatoms. The van der Waals surface area contributed by atoms with Crippen molar-refractivity contribution in [2.45, 2.75) is 10.8 Å². The van der Waals surface area contributed by atoms with Gasteiger partial charge >= 0.3 is 11.7 Å². The Morgan fingerprint density at radius 3 is 2.46 bits per heavy atom. The monoisotopic (exact) mass is 649 g/mol. The van der Waals surface area contributed by atoms with E-state index in [1.807, 2.05) is 10.8 Å². The number of benzene rings is 2. The first kappa shape index (κ1) is 26.7. The second-order valence-electron chi connectivity index (χ2n) is 8.08. The number of rotatable bonds is 7. The van der Waals surface area contributed by atoms with Crippen LogP contribution in [-0.2, 0) is 16.6 Å². The van der Waals surface area contributed by atoms with E-state index in [2.05, 4.69) is 31.5 Å². The van der Waals surface area contributed by atoms with Crippen LogP contribution in [0.25, 0.3) is 16.6 Å². The predicted molar refractivity (Wildman–Crippen MR) is 153 cm³/mol. The molecule has 0 saturated heterocycles. The zero-order valence-corrected chi connectivity index (χ0v) is 23.5. The van der Waals surface area contributed by atoms with Gasteiger partial charge in [-0.05, 0) is 76.6 Å². The van der Waals surface area contributed by atoms with Gasteiger partial charge in [0.05, 0.1) is 31.9 Å². The minimum atomic E-state index is -4.09. The topological polar surface area (TPSA) is 155 Å². The van der Waals surface area contributed by atoms with Crippen molar-refractivity contribution in [3.05, 3.63) is 102 Å². The van der Waals surface area contributed by atoms with Crippen molar-refractivity contribution >= 4 is 77.2 Å². The molecule has 0 atom stereocenters. The number of fused-ring (bicyclic) bond motifs is 1. The fraction of sp³-hybridized carbons (Fsp3) is 0.0417. The van der Waals surface area contributed by atoms with Crippen LogP contribution in [0.5, 0.6) is 0 Å². The average Bonchev–Trinajstić information content (AvgIpc) is 3.51. The number of halogens is 2. The number of urea groups is 1. The molecular weight excluding hydrogens is 634 g/mol. The summed E-state index contributed by atoms with van der Waals surface area (Å²) in [5, 5.41) is 5.86. The Labute approximate surface area is 237 Å². The van der Waals surface area contributed by atoms with E-state index in [-0.39, 0.29) is 19.9 Å². The van der Waals surface area contributed by atoms with Crippen LogP contribution in [0, 0.1) is 0 Å². The summed E-state index contributed by atoms with van der Waals surface area (Å²) in [6, 6.07) is 14.3. The Bertz CT molecular complexity index is 1930. The highest BCUT2D eigenvalue weighted by Crippen LogP contribution is 2.25. The van der Waals surface area contributed by atoms with Gasteiger partial charge in [-0.3, -0.25) is 4.79 Å². The zero-order chi connectivity index (χ0) is 27.7. The van der Waals surface area contributed by atoms with Crippen LogP contribution in [0.4, 0.5) is 16.2 Å².